The molecule has 2 N–H and O–H groups in total. The summed E-state index contributed by atoms with van der Waals surface area (Å²) in [6.45, 7) is 1.67. The van der Waals surface area contributed by atoms with Crippen molar-refractivity contribution in [3.8, 4) is 17.2 Å². The van der Waals surface area contributed by atoms with E-state index in [2.05, 4.69) is 29.6 Å². The monoisotopic (exact) mass is 449 g/mol. The maximum Gasteiger partial charge on any atom is 0.119 e. The van der Waals surface area contributed by atoms with E-state index in [1.165, 1.54) is 11.1 Å². The molecule has 3 aromatic carbocycles. The number of hydrogen-bond acceptors (Lipinski definition) is 5. The van der Waals surface area contributed by atoms with Gasteiger partial charge in [-0.25, -0.2) is 0 Å². The molecule has 0 bridgehead atoms. The number of nitrogens with one attached hydrogen (secondary N) is 1. The van der Waals surface area contributed by atoms with Crippen molar-refractivity contribution in [2.45, 2.75) is 31.3 Å². The van der Waals surface area contributed by atoms with E-state index in [1.807, 2.05) is 54.6 Å². The molecule has 0 aliphatic heterocycles. The van der Waals surface area contributed by atoms with Crippen LogP contribution in [0.5, 0.6) is 17.2 Å². The van der Waals surface area contributed by atoms with Crippen LogP contribution in [0, 0.1) is 0 Å². The average molecular weight is 450 g/mol. The molecule has 5 nitrogen and oxygen atoms in total. The highest BCUT2D eigenvalue weighted by Gasteiger charge is 2.14. The molecule has 0 aromatic heterocycles. The Hall–Kier alpha value is -3.02. The maximum atomic E-state index is 10.1. The first kappa shape index (κ1) is 24.6. The second kappa shape index (κ2) is 13.5. The number of aliphatic hydroxyl groups is 1. The van der Waals surface area contributed by atoms with Gasteiger partial charge in [-0.2, -0.15) is 0 Å². The number of ether oxygens (including phenoxy) is 3. The zero-order valence-electron chi connectivity index (χ0n) is 19.6. The lowest BCUT2D eigenvalue weighted by atomic mass is 9.87. The molecule has 0 fully saturated rings. The van der Waals surface area contributed by atoms with Crippen molar-refractivity contribution in [2.24, 2.45) is 0 Å². The Morgan fingerprint density at radius 2 is 1.30 bits per heavy atom. The van der Waals surface area contributed by atoms with Gasteiger partial charge in [0.1, 0.15) is 30.0 Å². The van der Waals surface area contributed by atoms with E-state index in [0.717, 1.165) is 43.1 Å². The number of methoxy groups -OCH3 is 2. The molecule has 0 amide bonds. The summed E-state index contributed by atoms with van der Waals surface area (Å²) in [6.07, 6.45) is 2.62. The first-order valence-electron chi connectivity index (χ1n) is 11.5. The van der Waals surface area contributed by atoms with Crippen LogP contribution in [0.2, 0.25) is 0 Å². The highest BCUT2D eigenvalue weighted by Crippen LogP contribution is 2.32. The quantitative estimate of drug-likeness (QED) is 0.338. The summed E-state index contributed by atoms with van der Waals surface area (Å²) in [5.41, 5.74) is 2.56. The molecule has 176 valence electrons. The number of para-hydroxylation sites is 1. The Kier molecular flexibility index (Phi) is 10.1. The standard InChI is InChI=1S/C28H35NO4/c1-31-25-15-11-22(12-16-25)28(23-13-17-26(32-2)18-14-23)10-6-7-19-29-20-24(30)21-33-27-8-4-3-5-9-27/h3-5,8-9,11-18,24,28-30H,6-7,10,19-21H2,1-2H3. The Bertz CT molecular complexity index is 865. The summed E-state index contributed by atoms with van der Waals surface area (Å²) in [5.74, 6) is 2.82. The SMILES string of the molecule is COc1ccc(C(CCCCNCC(O)COc2ccccc2)c2ccc(OC)cc2)cc1. The van der Waals surface area contributed by atoms with Gasteiger partial charge in [0.25, 0.3) is 0 Å². The third-order valence-corrected chi connectivity index (χ3v) is 5.70. The summed E-state index contributed by atoms with van der Waals surface area (Å²) in [4.78, 5) is 0. The summed E-state index contributed by atoms with van der Waals surface area (Å²) in [7, 11) is 3.38. The molecule has 3 aromatic rings. The first-order valence-corrected chi connectivity index (χ1v) is 11.5. The minimum absolute atomic E-state index is 0.286. The van der Waals surface area contributed by atoms with Crippen LogP contribution in [0.3, 0.4) is 0 Å². The second-order valence-corrected chi connectivity index (χ2v) is 8.08. The van der Waals surface area contributed by atoms with Crippen LogP contribution in [-0.2, 0) is 0 Å². The number of aliphatic hydroxyl groups excluding tert-OH is 1. The zero-order valence-corrected chi connectivity index (χ0v) is 19.6. The second-order valence-electron chi connectivity index (χ2n) is 8.08. The Balaban J connectivity index is 1.44. The molecule has 0 saturated heterocycles. The van der Waals surface area contributed by atoms with Gasteiger partial charge in [-0.15, -0.1) is 0 Å². The fraction of sp³-hybridized carbons (Fsp3) is 0.357. The van der Waals surface area contributed by atoms with E-state index in [9.17, 15) is 5.11 Å². The summed E-state index contributed by atoms with van der Waals surface area (Å²) in [6, 6.07) is 26.2. The highest BCUT2D eigenvalue weighted by atomic mass is 16.5. The lowest BCUT2D eigenvalue weighted by Gasteiger charge is -2.19. The Morgan fingerprint density at radius 1 is 0.727 bits per heavy atom. The topological polar surface area (TPSA) is 60.0 Å². The van der Waals surface area contributed by atoms with Crippen LogP contribution in [0.15, 0.2) is 78.9 Å². The molecule has 0 aliphatic carbocycles. The van der Waals surface area contributed by atoms with Gasteiger partial charge in [0.15, 0.2) is 0 Å². The van der Waals surface area contributed by atoms with E-state index >= 15 is 0 Å². The molecule has 0 radical (unpaired) electrons. The number of benzene rings is 3. The van der Waals surface area contributed by atoms with Crippen LogP contribution in [0.1, 0.15) is 36.3 Å². The summed E-state index contributed by atoms with van der Waals surface area (Å²) < 4.78 is 16.2. The van der Waals surface area contributed by atoms with Gasteiger partial charge in [0.05, 0.1) is 14.2 Å². The maximum absolute atomic E-state index is 10.1. The number of hydrogen-bond donors (Lipinski definition) is 2. The molecule has 0 saturated carbocycles. The van der Waals surface area contributed by atoms with Gasteiger partial charge in [0, 0.05) is 12.5 Å². The first-order chi connectivity index (χ1) is 16.2. The third-order valence-electron chi connectivity index (χ3n) is 5.70. The van der Waals surface area contributed by atoms with E-state index < -0.39 is 6.10 Å². The smallest absolute Gasteiger partial charge is 0.119 e. The van der Waals surface area contributed by atoms with Gasteiger partial charge >= 0.3 is 0 Å². The lowest BCUT2D eigenvalue weighted by Crippen LogP contribution is -2.32. The van der Waals surface area contributed by atoms with Crippen molar-refractivity contribution in [3.63, 3.8) is 0 Å². The van der Waals surface area contributed by atoms with Crippen molar-refractivity contribution < 1.29 is 19.3 Å². The van der Waals surface area contributed by atoms with Crippen LogP contribution < -0.4 is 19.5 Å². The van der Waals surface area contributed by atoms with E-state index in [4.69, 9.17) is 14.2 Å². The molecule has 33 heavy (non-hydrogen) atoms. The molecular formula is C28H35NO4. The molecule has 1 atom stereocenters. The van der Waals surface area contributed by atoms with Crippen molar-refractivity contribution >= 4 is 0 Å². The fourth-order valence-electron chi connectivity index (χ4n) is 3.83. The van der Waals surface area contributed by atoms with Gasteiger partial charge in [-0.3, -0.25) is 0 Å². The molecule has 1 unspecified atom stereocenters. The predicted molar refractivity (Wildman–Crippen MR) is 132 cm³/mol. The Morgan fingerprint density at radius 3 is 1.85 bits per heavy atom. The molecule has 0 heterocycles. The third kappa shape index (κ3) is 8.12. The van der Waals surface area contributed by atoms with Crippen molar-refractivity contribution in [1.29, 1.82) is 0 Å². The Labute approximate surface area is 197 Å². The summed E-state index contributed by atoms with van der Waals surface area (Å²) >= 11 is 0. The molecule has 3 rings (SSSR count). The molecule has 0 aliphatic rings. The van der Waals surface area contributed by atoms with E-state index in [0.29, 0.717) is 12.5 Å². The van der Waals surface area contributed by atoms with Crippen LogP contribution in [0.4, 0.5) is 0 Å². The van der Waals surface area contributed by atoms with E-state index in [1.54, 1.807) is 14.2 Å². The average Bonchev–Trinajstić information content (AvgIpc) is 2.88. The van der Waals surface area contributed by atoms with Crippen molar-refractivity contribution in [2.75, 3.05) is 33.9 Å². The lowest BCUT2D eigenvalue weighted by molar-refractivity contribution is 0.106. The highest BCUT2D eigenvalue weighted by molar-refractivity contribution is 5.38. The van der Waals surface area contributed by atoms with Gasteiger partial charge in [-0.05, 0) is 66.9 Å². The number of unbranched alkanes of at least 4 members (excludes halogenated alkanes) is 1. The zero-order chi connectivity index (χ0) is 23.3. The predicted octanol–water partition coefficient (Wildman–Crippen LogP) is 5.04. The van der Waals surface area contributed by atoms with Crippen LogP contribution >= 0.6 is 0 Å². The minimum Gasteiger partial charge on any atom is -0.497 e. The molecule has 5 heteroatoms. The number of rotatable bonds is 14. The molecule has 0 spiro atoms. The van der Waals surface area contributed by atoms with Crippen LogP contribution in [0.25, 0.3) is 0 Å². The molecular weight excluding hydrogens is 414 g/mol. The van der Waals surface area contributed by atoms with Gasteiger partial charge < -0.3 is 24.6 Å². The van der Waals surface area contributed by atoms with Crippen LogP contribution in [-0.4, -0.2) is 45.1 Å². The summed E-state index contributed by atoms with van der Waals surface area (Å²) in [5, 5.41) is 13.5. The largest absolute Gasteiger partial charge is 0.497 e. The van der Waals surface area contributed by atoms with E-state index in [-0.39, 0.29) is 6.61 Å². The normalized spacial score (nSPS) is 11.9. The fourth-order valence-corrected chi connectivity index (χ4v) is 3.83. The van der Waals surface area contributed by atoms with Crippen molar-refractivity contribution in [3.05, 3.63) is 90.0 Å². The minimum atomic E-state index is -0.531. The van der Waals surface area contributed by atoms with Crippen molar-refractivity contribution in [1.82, 2.24) is 5.32 Å². The van der Waals surface area contributed by atoms with Gasteiger partial charge in [0.2, 0.25) is 0 Å². The van der Waals surface area contributed by atoms with Gasteiger partial charge in [-0.1, -0.05) is 48.9 Å².